The first-order valence-corrected chi connectivity index (χ1v) is 11.2. The van der Waals surface area contributed by atoms with Crippen LogP contribution in [0, 0.1) is 24.0 Å². The minimum absolute atomic E-state index is 0.0863. The summed E-state index contributed by atoms with van der Waals surface area (Å²) in [5, 5.41) is 10.7. The van der Waals surface area contributed by atoms with E-state index in [1.165, 1.54) is 24.3 Å². The number of esters is 1. The molecule has 0 aliphatic heterocycles. The molecule has 1 aromatic heterocycles. The van der Waals surface area contributed by atoms with E-state index in [2.05, 4.69) is 0 Å². The number of aromatic nitrogens is 1. The van der Waals surface area contributed by atoms with Crippen LogP contribution in [0.4, 0.5) is 5.69 Å². The smallest absolute Gasteiger partial charge is 0.344 e. The number of methoxy groups -OCH3 is 2. The molecule has 10 heteroatoms. The van der Waals surface area contributed by atoms with Crippen molar-refractivity contribution < 1.29 is 33.5 Å². The molecule has 0 spiro atoms. The molecule has 0 N–H and O–H groups in total. The molecule has 0 saturated heterocycles. The van der Waals surface area contributed by atoms with Gasteiger partial charge in [-0.1, -0.05) is 6.07 Å². The van der Waals surface area contributed by atoms with Gasteiger partial charge in [-0.2, -0.15) is 0 Å². The Hall–Kier alpha value is -4.34. The van der Waals surface area contributed by atoms with E-state index in [-0.39, 0.29) is 17.2 Å². The largest absolute Gasteiger partial charge is 0.493 e. The molecular weight excluding hydrogens is 468 g/mol. The predicted octanol–water partition coefficient (Wildman–Crippen LogP) is 4.08. The highest BCUT2D eigenvalue weighted by atomic mass is 16.6. The molecule has 0 fully saturated rings. The van der Waals surface area contributed by atoms with E-state index in [9.17, 15) is 19.7 Å². The maximum atomic E-state index is 12.7. The number of nitro groups is 1. The van der Waals surface area contributed by atoms with Gasteiger partial charge in [0.1, 0.15) is 5.75 Å². The molecule has 190 valence electrons. The summed E-state index contributed by atoms with van der Waals surface area (Å²) in [6, 6.07) is 12.8. The van der Waals surface area contributed by atoms with Crippen LogP contribution in [0.1, 0.15) is 27.3 Å². The summed E-state index contributed by atoms with van der Waals surface area (Å²) >= 11 is 0. The Morgan fingerprint density at radius 2 is 1.64 bits per heavy atom. The lowest BCUT2D eigenvalue weighted by atomic mass is 10.1. The Kier molecular flexibility index (Phi) is 8.66. The molecular formula is C26H28N2O8. The molecule has 0 saturated carbocycles. The number of ether oxygens (including phenoxy) is 4. The van der Waals surface area contributed by atoms with Gasteiger partial charge in [0, 0.05) is 35.6 Å². The fraction of sp³-hybridized carbons (Fsp3) is 0.308. The maximum Gasteiger partial charge on any atom is 0.344 e. The van der Waals surface area contributed by atoms with Gasteiger partial charge in [0.15, 0.2) is 24.7 Å². The lowest BCUT2D eigenvalue weighted by molar-refractivity contribution is -0.384. The van der Waals surface area contributed by atoms with Gasteiger partial charge in [-0.3, -0.25) is 14.9 Å². The van der Waals surface area contributed by atoms with Gasteiger partial charge in [0.2, 0.25) is 5.78 Å². The Morgan fingerprint density at radius 1 is 0.944 bits per heavy atom. The van der Waals surface area contributed by atoms with Crippen molar-refractivity contribution >= 4 is 17.4 Å². The molecule has 1 heterocycles. The van der Waals surface area contributed by atoms with Crippen molar-refractivity contribution in [3.8, 4) is 17.2 Å². The number of hydrogen-bond acceptors (Lipinski definition) is 8. The summed E-state index contributed by atoms with van der Waals surface area (Å²) in [4.78, 5) is 34.9. The van der Waals surface area contributed by atoms with Crippen molar-refractivity contribution in [2.24, 2.45) is 0 Å². The molecule has 3 rings (SSSR count). The third kappa shape index (κ3) is 6.41. The van der Waals surface area contributed by atoms with E-state index in [1.54, 1.807) is 20.3 Å². The number of Topliss-reactive ketones (excluding diaryl/α,β-unsaturated/α-hetero) is 1. The second kappa shape index (κ2) is 11.9. The Labute approximate surface area is 208 Å². The standard InChI is InChI=1S/C26H28N2O8/c1-17-13-22(18(2)27(17)12-11-19-5-10-24(33-3)25(14-19)34-4)23(29)15-36-26(30)16-35-21-8-6-20(7-9-21)28(31)32/h5-10,13-14H,11-12,15-16H2,1-4H3. The Balaban J connectivity index is 1.54. The highest BCUT2D eigenvalue weighted by molar-refractivity contribution is 5.99. The van der Waals surface area contributed by atoms with Crippen molar-refractivity contribution in [3.05, 3.63) is 81.2 Å². The van der Waals surface area contributed by atoms with Gasteiger partial charge in [0.25, 0.3) is 5.69 Å². The predicted molar refractivity (Wildman–Crippen MR) is 131 cm³/mol. The van der Waals surface area contributed by atoms with E-state index in [0.717, 1.165) is 23.4 Å². The van der Waals surface area contributed by atoms with Crippen LogP contribution in [0.2, 0.25) is 0 Å². The quantitative estimate of drug-likeness (QED) is 0.159. The normalized spacial score (nSPS) is 10.6. The SMILES string of the molecule is COc1ccc(CCn2c(C)cc(C(=O)COC(=O)COc3ccc([N+](=O)[O-])cc3)c2C)cc1OC. The molecule has 0 amide bonds. The number of hydrogen-bond donors (Lipinski definition) is 0. The average molecular weight is 497 g/mol. The summed E-state index contributed by atoms with van der Waals surface area (Å²) < 4.78 is 23.0. The second-order valence-corrected chi connectivity index (χ2v) is 8.00. The van der Waals surface area contributed by atoms with Gasteiger partial charge in [-0.25, -0.2) is 4.79 Å². The summed E-state index contributed by atoms with van der Waals surface area (Å²) in [6.45, 7) is 3.60. The van der Waals surface area contributed by atoms with Gasteiger partial charge in [-0.05, 0) is 56.2 Å². The maximum absolute atomic E-state index is 12.7. The zero-order chi connectivity index (χ0) is 26.2. The van der Waals surface area contributed by atoms with Crippen molar-refractivity contribution in [3.63, 3.8) is 0 Å². The summed E-state index contributed by atoms with van der Waals surface area (Å²) in [5.41, 5.74) is 3.18. The zero-order valence-electron chi connectivity index (χ0n) is 20.6. The van der Waals surface area contributed by atoms with Crippen LogP contribution in [0.3, 0.4) is 0 Å². The number of rotatable bonds is 12. The van der Waals surface area contributed by atoms with Gasteiger partial charge >= 0.3 is 5.97 Å². The third-order valence-corrected chi connectivity index (χ3v) is 5.71. The highest BCUT2D eigenvalue weighted by Gasteiger charge is 2.18. The van der Waals surface area contributed by atoms with E-state index in [4.69, 9.17) is 18.9 Å². The monoisotopic (exact) mass is 496 g/mol. The number of nitrogens with zero attached hydrogens (tertiary/aromatic N) is 2. The number of carbonyl (C=O) groups is 2. The van der Waals surface area contributed by atoms with Gasteiger partial charge in [0.05, 0.1) is 19.1 Å². The molecule has 0 atom stereocenters. The van der Waals surface area contributed by atoms with Crippen molar-refractivity contribution in [1.29, 1.82) is 0 Å². The topological polar surface area (TPSA) is 119 Å². The lowest BCUT2D eigenvalue weighted by Gasteiger charge is -2.12. The van der Waals surface area contributed by atoms with E-state index in [0.29, 0.717) is 23.6 Å². The van der Waals surface area contributed by atoms with Crippen LogP contribution in [-0.2, 0) is 22.5 Å². The van der Waals surface area contributed by atoms with Crippen LogP contribution in [0.5, 0.6) is 17.2 Å². The van der Waals surface area contributed by atoms with Crippen LogP contribution >= 0.6 is 0 Å². The first kappa shape index (κ1) is 26.3. The molecule has 36 heavy (non-hydrogen) atoms. The number of aryl methyl sites for hydroxylation is 2. The first-order chi connectivity index (χ1) is 17.2. The molecule has 10 nitrogen and oxygen atoms in total. The highest BCUT2D eigenvalue weighted by Crippen LogP contribution is 2.28. The van der Waals surface area contributed by atoms with E-state index >= 15 is 0 Å². The number of nitro benzene ring substituents is 1. The molecule has 0 unspecified atom stereocenters. The van der Waals surface area contributed by atoms with Crippen LogP contribution < -0.4 is 14.2 Å². The minimum Gasteiger partial charge on any atom is -0.493 e. The molecule has 3 aromatic rings. The summed E-state index contributed by atoms with van der Waals surface area (Å²) in [7, 11) is 3.18. The Bertz CT molecular complexity index is 1250. The number of non-ortho nitro benzene ring substituents is 1. The Morgan fingerprint density at radius 3 is 2.28 bits per heavy atom. The van der Waals surface area contributed by atoms with Crippen molar-refractivity contribution in [2.45, 2.75) is 26.8 Å². The van der Waals surface area contributed by atoms with Gasteiger partial charge in [-0.15, -0.1) is 0 Å². The van der Waals surface area contributed by atoms with E-state index in [1.807, 2.05) is 36.6 Å². The summed E-state index contributed by atoms with van der Waals surface area (Å²) in [5.74, 6) is 0.566. The minimum atomic E-state index is -0.719. The molecule has 2 aromatic carbocycles. The number of ketones is 1. The molecule has 0 radical (unpaired) electrons. The van der Waals surface area contributed by atoms with Crippen LogP contribution in [0.15, 0.2) is 48.5 Å². The van der Waals surface area contributed by atoms with Crippen molar-refractivity contribution in [1.82, 2.24) is 4.57 Å². The van der Waals surface area contributed by atoms with Gasteiger partial charge < -0.3 is 23.5 Å². The fourth-order valence-electron chi connectivity index (χ4n) is 3.78. The summed E-state index contributed by atoms with van der Waals surface area (Å²) in [6.07, 6.45) is 0.722. The number of benzene rings is 2. The lowest BCUT2D eigenvalue weighted by Crippen LogP contribution is -2.20. The van der Waals surface area contributed by atoms with E-state index < -0.39 is 24.1 Å². The molecule has 0 aliphatic carbocycles. The first-order valence-electron chi connectivity index (χ1n) is 11.2. The molecule has 0 aliphatic rings. The van der Waals surface area contributed by atoms with Crippen LogP contribution in [0.25, 0.3) is 0 Å². The van der Waals surface area contributed by atoms with Crippen LogP contribution in [-0.4, -0.2) is 48.7 Å². The number of carbonyl (C=O) groups excluding carboxylic acids is 2. The zero-order valence-corrected chi connectivity index (χ0v) is 20.6. The second-order valence-electron chi connectivity index (χ2n) is 8.00. The fourth-order valence-corrected chi connectivity index (χ4v) is 3.78. The van der Waals surface area contributed by atoms with Crippen molar-refractivity contribution in [2.75, 3.05) is 27.4 Å². The third-order valence-electron chi connectivity index (χ3n) is 5.71. The average Bonchev–Trinajstić information content (AvgIpc) is 3.17. The molecule has 0 bridgehead atoms.